The van der Waals surface area contributed by atoms with Crippen molar-refractivity contribution in [3.8, 4) is 11.3 Å². The van der Waals surface area contributed by atoms with Gasteiger partial charge >= 0.3 is 0 Å². The first kappa shape index (κ1) is 15.9. The maximum atomic E-state index is 14.7. The molecule has 24 heavy (non-hydrogen) atoms. The molecule has 0 unspecified atom stereocenters. The number of rotatable bonds is 4. The third-order valence-electron chi connectivity index (χ3n) is 3.98. The van der Waals surface area contributed by atoms with Crippen molar-refractivity contribution in [3.63, 3.8) is 0 Å². The van der Waals surface area contributed by atoms with Crippen molar-refractivity contribution in [2.75, 3.05) is 0 Å². The lowest BCUT2D eigenvalue weighted by molar-refractivity contribution is -0.660. The highest BCUT2D eigenvalue weighted by atomic mass is 28.3. The van der Waals surface area contributed by atoms with Gasteiger partial charge in [0, 0.05) is 26.3 Å². The summed E-state index contributed by atoms with van der Waals surface area (Å²) < 4.78 is 46.8. The van der Waals surface area contributed by atoms with Crippen molar-refractivity contribution in [2.45, 2.75) is 52.5 Å². The fourth-order valence-electron chi connectivity index (χ4n) is 2.87. The van der Waals surface area contributed by atoms with Crippen molar-refractivity contribution in [3.05, 3.63) is 47.4 Å². The lowest BCUT2D eigenvalue weighted by atomic mass is 9.99. The van der Waals surface area contributed by atoms with E-state index in [4.69, 9.17) is 2.74 Å². The Bertz CT molecular complexity index is 837. The smallest absolute Gasteiger partial charge is 0.212 e. The summed E-state index contributed by atoms with van der Waals surface area (Å²) in [4.78, 5) is 0. The lowest BCUT2D eigenvalue weighted by Crippen LogP contribution is -2.46. The Kier molecular flexibility index (Phi) is 4.25. The molecule has 0 saturated heterocycles. The minimum Gasteiger partial charge on any atom is -0.244 e. The molecule has 0 aliphatic rings. The third kappa shape index (κ3) is 4.29. The average molecular weight is 351 g/mol. The molecule has 0 bridgehead atoms. The highest BCUT2D eigenvalue weighted by molar-refractivity contribution is 6.89. The SMILES string of the molecule is [2H]C([2H])(c1c[n+](C)c(-c2ccc(F)cc2C)cc1[Si](C)(C)C)C(C)(C)F. The van der Waals surface area contributed by atoms with Crippen LogP contribution in [0, 0.1) is 12.7 Å². The van der Waals surface area contributed by atoms with E-state index in [-0.39, 0.29) is 5.82 Å². The first-order valence-corrected chi connectivity index (χ1v) is 11.7. The number of pyridine rings is 1. The Labute approximate surface area is 148 Å². The first-order valence-electron chi connectivity index (χ1n) is 9.16. The summed E-state index contributed by atoms with van der Waals surface area (Å²) in [6.45, 7) is 10.8. The maximum absolute atomic E-state index is 14.7. The lowest BCUT2D eigenvalue weighted by Gasteiger charge is -2.23. The van der Waals surface area contributed by atoms with Crippen LogP contribution < -0.4 is 9.75 Å². The molecule has 0 atom stereocenters. The van der Waals surface area contributed by atoms with Crippen LogP contribution in [0.3, 0.4) is 0 Å². The minimum absolute atomic E-state index is 0.286. The molecule has 0 amide bonds. The second-order valence-electron chi connectivity index (χ2n) is 7.90. The molecule has 1 nitrogen and oxygen atoms in total. The van der Waals surface area contributed by atoms with E-state index < -0.39 is 20.1 Å². The second-order valence-corrected chi connectivity index (χ2v) is 12.9. The van der Waals surface area contributed by atoms with E-state index in [0.29, 0.717) is 5.56 Å². The van der Waals surface area contributed by atoms with E-state index >= 15 is 0 Å². The Morgan fingerprint density at radius 3 is 2.33 bits per heavy atom. The molecular weight excluding hydrogens is 320 g/mol. The van der Waals surface area contributed by atoms with Gasteiger partial charge in [-0.05, 0) is 49.7 Å². The second kappa shape index (κ2) is 6.39. The Hall–Kier alpha value is -1.55. The molecule has 1 aromatic heterocycles. The van der Waals surface area contributed by atoms with Crippen molar-refractivity contribution in [1.82, 2.24) is 0 Å². The number of aromatic nitrogens is 1. The van der Waals surface area contributed by atoms with Crippen LogP contribution in [0.4, 0.5) is 8.78 Å². The molecule has 1 aromatic carbocycles. The van der Waals surface area contributed by atoms with Crippen LogP contribution in [-0.2, 0) is 13.4 Å². The molecule has 130 valence electrons. The van der Waals surface area contributed by atoms with Gasteiger partial charge in [-0.15, -0.1) is 0 Å². The Morgan fingerprint density at radius 1 is 1.21 bits per heavy atom. The molecule has 0 aliphatic heterocycles. The summed E-state index contributed by atoms with van der Waals surface area (Å²) in [5.74, 6) is -0.286. The van der Waals surface area contributed by atoms with Gasteiger partial charge in [-0.2, -0.15) is 0 Å². The fourth-order valence-corrected chi connectivity index (χ4v) is 4.38. The van der Waals surface area contributed by atoms with Crippen LogP contribution in [0.25, 0.3) is 11.3 Å². The summed E-state index contributed by atoms with van der Waals surface area (Å²) >= 11 is 0. The zero-order chi connectivity index (χ0) is 20.1. The first-order chi connectivity index (χ1) is 11.7. The van der Waals surface area contributed by atoms with Gasteiger partial charge in [-0.3, -0.25) is 0 Å². The fraction of sp³-hybridized carbons (Fsp3) is 0.450. The van der Waals surface area contributed by atoms with E-state index in [9.17, 15) is 8.78 Å². The van der Waals surface area contributed by atoms with Crippen molar-refractivity contribution in [1.29, 1.82) is 0 Å². The van der Waals surface area contributed by atoms with Gasteiger partial charge in [0.2, 0.25) is 5.69 Å². The highest BCUT2D eigenvalue weighted by Gasteiger charge is 2.29. The molecule has 2 rings (SSSR count). The van der Waals surface area contributed by atoms with Crippen molar-refractivity contribution < 1.29 is 16.1 Å². The van der Waals surface area contributed by atoms with Crippen molar-refractivity contribution in [2.24, 2.45) is 7.05 Å². The summed E-state index contributed by atoms with van der Waals surface area (Å²) in [5, 5.41) is 0.880. The molecular formula is C20H28F2NSi+. The van der Waals surface area contributed by atoms with Gasteiger partial charge < -0.3 is 0 Å². The molecule has 1 heterocycles. The predicted molar refractivity (Wildman–Crippen MR) is 99.6 cm³/mol. The molecule has 0 N–H and O–H groups in total. The summed E-state index contributed by atoms with van der Waals surface area (Å²) in [6.07, 6.45) is -0.413. The van der Waals surface area contributed by atoms with Crippen LogP contribution in [0.15, 0.2) is 30.5 Å². The Morgan fingerprint density at radius 2 is 1.83 bits per heavy atom. The van der Waals surface area contributed by atoms with Crippen LogP contribution in [0.5, 0.6) is 0 Å². The summed E-state index contributed by atoms with van der Waals surface area (Å²) in [5.41, 5.74) is 0.955. The molecule has 0 aliphatic carbocycles. The number of benzene rings is 1. The van der Waals surface area contributed by atoms with Crippen LogP contribution >= 0.6 is 0 Å². The number of halogens is 2. The normalized spacial score (nSPS) is 14.4. The van der Waals surface area contributed by atoms with E-state index in [0.717, 1.165) is 22.0 Å². The summed E-state index contributed by atoms with van der Waals surface area (Å²) in [6, 6.07) is 6.61. The number of hydrogen-bond donors (Lipinski definition) is 0. The van der Waals surface area contributed by atoms with E-state index in [2.05, 4.69) is 19.6 Å². The molecule has 0 saturated carbocycles. The quantitative estimate of drug-likeness (QED) is 0.566. The van der Waals surface area contributed by atoms with Gasteiger partial charge in [0.1, 0.15) is 18.5 Å². The van der Waals surface area contributed by atoms with Gasteiger partial charge in [-0.1, -0.05) is 19.6 Å². The van der Waals surface area contributed by atoms with Crippen LogP contribution in [0.2, 0.25) is 19.6 Å². The monoisotopic (exact) mass is 350 g/mol. The van der Waals surface area contributed by atoms with Gasteiger partial charge in [0.05, 0.1) is 8.07 Å². The molecule has 4 heteroatoms. The zero-order valence-electron chi connectivity index (χ0n) is 17.6. The van der Waals surface area contributed by atoms with Gasteiger partial charge in [0.25, 0.3) is 0 Å². The largest absolute Gasteiger partial charge is 0.244 e. The maximum Gasteiger partial charge on any atom is 0.212 e. The van der Waals surface area contributed by atoms with E-state index in [1.54, 1.807) is 12.3 Å². The Balaban J connectivity index is 2.82. The zero-order valence-corrected chi connectivity index (χ0v) is 16.6. The minimum atomic E-state index is -2.11. The topological polar surface area (TPSA) is 3.88 Å². The van der Waals surface area contributed by atoms with Gasteiger partial charge in [0.15, 0.2) is 6.20 Å². The standard InChI is InChI=1S/C20H28F2NSi/c1-14-10-16(21)8-9-17(14)18-11-19(24(5,6)7)15(13-23(18)4)12-20(2,3)22/h8-11,13H,12H2,1-7H3/q+1/i12D2. The highest BCUT2D eigenvalue weighted by Crippen LogP contribution is 2.23. The van der Waals surface area contributed by atoms with Crippen molar-refractivity contribution >= 4 is 13.3 Å². The number of alkyl halides is 1. The number of hydrogen-bond acceptors (Lipinski definition) is 0. The van der Waals surface area contributed by atoms with E-state index in [1.807, 2.05) is 24.6 Å². The molecule has 0 spiro atoms. The third-order valence-corrected chi connectivity index (χ3v) is 6.01. The van der Waals surface area contributed by atoms with Gasteiger partial charge in [-0.25, -0.2) is 13.3 Å². The number of aryl methyl sites for hydroxylation is 2. The number of nitrogens with zero attached hydrogens (tertiary/aromatic N) is 1. The van der Waals surface area contributed by atoms with Crippen LogP contribution in [-0.4, -0.2) is 13.7 Å². The summed E-state index contributed by atoms with van der Waals surface area (Å²) in [7, 11) is -0.160. The molecule has 0 fully saturated rings. The average Bonchev–Trinajstić information content (AvgIpc) is 2.45. The van der Waals surface area contributed by atoms with Crippen LogP contribution in [0.1, 0.15) is 27.7 Å². The molecule has 0 radical (unpaired) electrons. The predicted octanol–water partition coefficient (Wildman–Crippen LogP) is 4.46. The molecule has 2 aromatic rings. The van der Waals surface area contributed by atoms with E-state index in [1.165, 1.54) is 26.0 Å².